The summed E-state index contributed by atoms with van der Waals surface area (Å²) in [5.41, 5.74) is 6.15. The highest BCUT2D eigenvalue weighted by Crippen LogP contribution is 2.44. The summed E-state index contributed by atoms with van der Waals surface area (Å²) in [7, 11) is 0. The van der Waals surface area contributed by atoms with Crippen LogP contribution >= 0.6 is 23.2 Å². The van der Waals surface area contributed by atoms with Gasteiger partial charge in [0.2, 0.25) is 0 Å². The number of hydrogen-bond acceptors (Lipinski definition) is 16. The maximum Gasteiger partial charge on any atom is 0.318 e. The van der Waals surface area contributed by atoms with Gasteiger partial charge in [-0.05, 0) is 99.0 Å². The lowest BCUT2D eigenvalue weighted by molar-refractivity contribution is -0.132. The normalized spacial score (nSPS) is 22.0. The number of nitrogens with zero attached hydrogens (tertiary/aromatic N) is 13. The Hall–Kier alpha value is -7.88. The average Bonchev–Trinajstić information content (AvgIpc) is 1.76. The molecule has 18 nitrogen and oxygen atoms in total. The summed E-state index contributed by atoms with van der Waals surface area (Å²) >= 11 is 14.1. The van der Waals surface area contributed by atoms with Crippen LogP contribution in [0.5, 0.6) is 12.0 Å². The molecule has 89 heavy (non-hydrogen) atoms. The minimum absolute atomic E-state index is 0.00825. The number of anilines is 4. The SMILES string of the molecule is C=C(F)C(=O)N1CCN(c2nc(OCC3CCN3C(C)C)nc3c2CCN(c2cc(C4CCC(CCC)(COc5nc6c(c(N7CCN(C(=O)C(=C)F)[C@@H](CC#N)C7)n5)CCN(c5cccc7cccc(Cl)c57)C6)N4)cc4cccc(Cl)c24)C3)C[C@@H]1CC#N. The Bertz CT molecular complexity index is 3840. The molecule has 3 unspecified atom stereocenters. The minimum atomic E-state index is -1.06. The first kappa shape index (κ1) is 61.4. The minimum Gasteiger partial charge on any atom is -0.462 e. The molecule has 4 saturated heterocycles. The van der Waals surface area contributed by atoms with Gasteiger partial charge in [0.15, 0.2) is 11.7 Å². The third-order valence-electron chi connectivity index (χ3n) is 18.9. The van der Waals surface area contributed by atoms with E-state index in [-0.39, 0.29) is 69.7 Å². The number of carbonyl (C=O) groups is 2. The third kappa shape index (κ3) is 12.3. The van der Waals surface area contributed by atoms with Gasteiger partial charge in [-0.3, -0.25) is 14.5 Å². The molecule has 0 radical (unpaired) electrons. The maximum atomic E-state index is 14.4. The summed E-state index contributed by atoms with van der Waals surface area (Å²) in [5.74, 6) is -2.35. The van der Waals surface area contributed by atoms with Crippen LogP contribution in [0.15, 0.2) is 91.5 Å². The fourth-order valence-corrected chi connectivity index (χ4v) is 15.0. The summed E-state index contributed by atoms with van der Waals surface area (Å²) < 4.78 is 42.0. The van der Waals surface area contributed by atoms with Crippen LogP contribution in [-0.2, 0) is 35.5 Å². The second-order valence-corrected chi connectivity index (χ2v) is 25.5. The summed E-state index contributed by atoms with van der Waals surface area (Å²) in [6, 6.07) is 26.9. The molecule has 0 aliphatic carbocycles. The number of benzene rings is 4. The predicted molar refractivity (Wildman–Crippen MR) is 342 cm³/mol. The number of hydrogen-bond donors (Lipinski definition) is 1. The van der Waals surface area contributed by atoms with Gasteiger partial charge >= 0.3 is 12.0 Å². The molecule has 2 aromatic heterocycles. The van der Waals surface area contributed by atoms with Gasteiger partial charge in [-0.25, -0.2) is 8.78 Å². The van der Waals surface area contributed by atoms with Crippen molar-refractivity contribution in [3.05, 3.63) is 130 Å². The van der Waals surface area contributed by atoms with Crippen molar-refractivity contribution in [3.63, 3.8) is 0 Å². The van der Waals surface area contributed by atoms with Crippen LogP contribution in [0.3, 0.4) is 0 Å². The highest BCUT2D eigenvalue weighted by Gasteiger charge is 2.42. The molecule has 4 fully saturated rings. The lowest BCUT2D eigenvalue weighted by atomic mass is 9.93. The van der Waals surface area contributed by atoms with Crippen molar-refractivity contribution in [2.24, 2.45) is 0 Å². The molecule has 12 rings (SSSR count). The summed E-state index contributed by atoms with van der Waals surface area (Å²) in [6.45, 7) is 18.6. The molecular weight excluding hydrogens is 1170 g/mol. The van der Waals surface area contributed by atoms with Crippen molar-refractivity contribution in [2.75, 3.05) is 91.7 Å². The predicted octanol–water partition coefficient (Wildman–Crippen LogP) is 10.7. The second kappa shape index (κ2) is 25.9. The Morgan fingerprint density at radius 1 is 0.697 bits per heavy atom. The zero-order valence-electron chi connectivity index (χ0n) is 50.7. The van der Waals surface area contributed by atoms with E-state index in [1.807, 2.05) is 30.3 Å². The van der Waals surface area contributed by atoms with Crippen molar-refractivity contribution in [3.8, 4) is 24.2 Å². The molecule has 0 spiro atoms. The first-order chi connectivity index (χ1) is 43.0. The monoisotopic (exact) mass is 1250 g/mol. The van der Waals surface area contributed by atoms with E-state index in [1.54, 1.807) is 0 Å². The van der Waals surface area contributed by atoms with Crippen molar-refractivity contribution in [1.29, 1.82) is 10.5 Å². The van der Waals surface area contributed by atoms with E-state index in [4.69, 9.17) is 52.6 Å². The Labute approximate surface area is 528 Å². The lowest BCUT2D eigenvalue weighted by Crippen LogP contribution is -2.56. The molecule has 6 aliphatic heterocycles. The molecule has 0 bridgehead atoms. The number of rotatable bonds is 18. The number of halogens is 4. The molecule has 8 heterocycles. The Morgan fingerprint density at radius 3 is 1.79 bits per heavy atom. The van der Waals surface area contributed by atoms with Gasteiger partial charge in [0.25, 0.3) is 11.8 Å². The molecule has 6 aromatic rings. The highest BCUT2D eigenvalue weighted by molar-refractivity contribution is 6.37. The van der Waals surface area contributed by atoms with Gasteiger partial charge in [-0.15, -0.1) is 0 Å². The number of aromatic nitrogens is 4. The molecule has 1 N–H and O–H groups in total. The average molecular weight is 1250 g/mol. The Balaban J connectivity index is 0.836. The lowest BCUT2D eigenvalue weighted by Gasteiger charge is -2.43. The molecule has 464 valence electrons. The summed E-state index contributed by atoms with van der Waals surface area (Å²) in [6.07, 6.45) is 5.55. The van der Waals surface area contributed by atoms with Gasteiger partial charge in [0, 0.05) is 110 Å². The molecule has 22 heteroatoms. The van der Waals surface area contributed by atoms with Crippen molar-refractivity contribution >= 4 is 79.6 Å². The zero-order valence-corrected chi connectivity index (χ0v) is 52.2. The molecule has 6 aliphatic rings. The Morgan fingerprint density at radius 2 is 1.25 bits per heavy atom. The first-order valence-corrected chi connectivity index (χ1v) is 31.8. The third-order valence-corrected chi connectivity index (χ3v) is 19.6. The molecule has 0 saturated carbocycles. The molecular formula is C67H74Cl2F2N14O4. The van der Waals surface area contributed by atoms with Gasteiger partial charge in [0.05, 0.1) is 77.1 Å². The number of carbonyl (C=O) groups excluding carboxylic acids is 2. The summed E-state index contributed by atoms with van der Waals surface area (Å²) in [4.78, 5) is 60.6. The van der Waals surface area contributed by atoms with E-state index in [2.05, 4.69) is 112 Å². The van der Waals surface area contributed by atoms with Crippen LogP contribution in [0.4, 0.5) is 31.8 Å². The van der Waals surface area contributed by atoms with Crippen LogP contribution in [0.2, 0.25) is 10.0 Å². The number of nitriles is 2. The van der Waals surface area contributed by atoms with Gasteiger partial charge in [-0.2, -0.15) is 30.5 Å². The van der Waals surface area contributed by atoms with Crippen molar-refractivity contribution < 1.29 is 27.8 Å². The quantitative estimate of drug-likeness (QED) is 0.0800. The van der Waals surface area contributed by atoms with E-state index in [9.17, 15) is 28.9 Å². The van der Waals surface area contributed by atoms with E-state index >= 15 is 0 Å². The number of amides is 2. The van der Waals surface area contributed by atoms with E-state index in [0.717, 1.165) is 99.6 Å². The van der Waals surface area contributed by atoms with E-state index in [0.29, 0.717) is 86.4 Å². The van der Waals surface area contributed by atoms with Gasteiger partial charge in [0.1, 0.15) is 24.8 Å². The van der Waals surface area contributed by atoms with Crippen LogP contribution in [0.25, 0.3) is 21.5 Å². The smallest absolute Gasteiger partial charge is 0.318 e. The number of nitrogens with one attached hydrogen (secondary N) is 1. The first-order valence-electron chi connectivity index (χ1n) is 31.1. The zero-order chi connectivity index (χ0) is 62.3. The topological polar surface area (TPSA) is 186 Å². The highest BCUT2D eigenvalue weighted by atomic mass is 35.5. The van der Waals surface area contributed by atoms with E-state index in [1.165, 1.54) is 9.80 Å². The number of piperazine rings is 2. The van der Waals surface area contributed by atoms with Crippen molar-refractivity contribution in [2.45, 2.75) is 127 Å². The molecule has 5 atom stereocenters. The largest absolute Gasteiger partial charge is 0.462 e. The maximum absolute atomic E-state index is 14.4. The number of fused-ring (bicyclic) bond motifs is 4. The fraction of sp³-hybridized carbons (Fsp3) is 0.463. The number of ether oxygens (including phenoxy) is 2. The van der Waals surface area contributed by atoms with Crippen LogP contribution < -0.4 is 34.4 Å². The Kier molecular flexibility index (Phi) is 17.9. The second-order valence-electron chi connectivity index (χ2n) is 24.7. The summed E-state index contributed by atoms with van der Waals surface area (Å²) in [5, 5.41) is 29.1. The van der Waals surface area contributed by atoms with Crippen LogP contribution in [-0.4, -0.2) is 148 Å². The molecule has 2 amide bonds. The van der Waals surface area contributed by atoms with Crippen LogP contribution in [0, 0.1) is 22.7 Å². The fourth-order valence-electron chi connectivity index (χ4n) is 14.5. The number of likely N-dealkylation sites (tertiary alicyclic amines) is 1. The molecule has 4 aromatic carbocycles. The van der Waals surface area contributed by atoms with E-state index < -0.39 is 41.1 Å². The standard InChI is InChI=1S/C67H74Cl2F2N14O4/c1-6-22-67(40-89-66-75-55-37-79(57-15-9-11-44-10-7-13-52(68)59(44)57)26-20-50(55)62(77-66)82-30-32-85(64(87)43(5)71)48(36-82)18-25-73)23-16-54(78-67)46-33-45-12-8-14-53(69)60(45)58(34-46)80-27-21-51-56(38-80)74-65(88-39-49-19-28-83(49)41(2)3)76-61(51)81-29-31-84(63(86)42(4)70)47(35-81)17-24-72/h7-15,33-34,41,47-49,54,78H,4-6,16-23,26-32,35-40H2,1-3H3/t47-,48-,49?,54?,67?/m0/s1. The van der Waals surface area contributed by atoms with Gasteiger partial charge < -0.3 is 44.2 Å². The van der Waals surface area contributed by atoms with Crippen LogP contribution in [0.1, 0.15) is 99.8 Å². The van der Waals surface area contributed by atoms with Crippen molar-refractivity contribution in [1.82, 2.24) is 40.0 Å². The van der Waals surface area contributed by atoms with Gasteiger partial charge in [-0.1, -0.05) is 86.1 Å².